The van der Waals surface area contributed by atoms with E-state index in [2.05, 4.69) is 32.0 Å². The van der Waals surface area contributed by atoms with Crippen molar-refractivity contribution in [1.82, 2.24) is 0 Å². The van der Waals surface area contributed by atoms with Crippen molar-refractivity contribution in [1.29, 1.82) is 0 Å². The molecule has 3 nitrogen and oxygen atoms in total. The topological polar surface area (TPSA) is 49.7 Å². The molecule has 0 fully saturated rings. The molecule has 0 atom stereocenters. The van der Waals surface area contributed by atoms with Crippen molar-refractivity contribution < 1.29 is 14.4 Å². The Bertz CT molecular complexity index is 372. The molecule has 0 aromatic heterocycles. The van der Waals surface area contributed by atoms with Gasteiger partial charge in [-0.2, -0.15) is 0 Å². The third-order valence-electron chi connectivity index (χ3n) is 3.34. The van der Waals surface area contributed by atoms with Crippen LogP contribution in [0.2, 0.25) is 0 Å². The molecule has 0 saturated heterocycles. The lowest BCUT2D eigenvalue weighted by atomic mass is 9.98. The number of hydrogen-bond acceptors (Lipinski definition) is 3. The average Bonchev–Trinajstić information content (AvgIpc) is 2.41. The molecule has 1 aromatic carbocycles. The Morgan fingerprint density at radius 2 is 1.79 bits per heavy atom. The summed E-state index contributed by atoms with van der Waals surface area (Å²) in [7, 11) is -2.69. The van der Waals surface area contributed by atoms with Gasteiger partial charge in [-0.15, -0.1) is 0 Å². The van der Waals surface area contributed by atoms with Crippen LogP contribution in [0.1, 0.15) is 50.7 Å². The van der Waals surface area contributed by atoms with Gasteiger partial charge in [0.15, 0.2) is 9.76 Å². The van der Waals surface area contributed by atoms with Gasteiger partial charge in [0.25, 0.3) is 0 Å². The Kier molecular flexibility index (Phi) is 8.06. The van der Waals surface area contributed by atoms with E-state index in [4.69, 9.17) is 14.4 Å². The van der Waals surface area contributed by atoms with E-state index >= 15 is 0 Å². The largest absolute Gasteiger partial charge is 0.622 e. The Hall–Kier alpha value is -0.618. The van der Waals surface area contributed by atoms with E-state index in [1.54, 1.807) is 0 Å². The quantitative estimate of drug-likeness (QED) is 0.665. The molecule has 1 aromatic rings. The minimum atomic E-state index is -1.63. The van der Waals surface area contributed by atoms with Crippen molar-refractivity contribution in [2.24, 2.45) is 0 Å². The zero-order valence-corrected chi connectivity index (χ0v) is 13.5. The third kappa shape index (κ3) is 5.91. The third-order valence-corrected chi connectivity index (χ3v) is 4.78. The molecular weight excluding hydrogens is 255 g/mol. The van der Waals surface area contributed by atoms with Gasteiger partial charge in [0.2, 0.25) is 0 Å². The van der Waals surface area contributed by atoms with E-state index in [0.717, 1.165) is 12.8 Å². The second-order valence-corrected chi connectivity index (χ2v) is 6.28. The standard InChI is InChI=1S/C14H25BO3Si/c1-3-5-8-12-9-7-11-14(19-18-15(16)17)13(12)10-6-4-2/h7,9,11,16-17H,3-6,8,10,19H2,1-2H3. The summed E-state index contributed by atoms with van der Waals surface area (Å²) in [6.07, 6.45) is 6.93. The van der Waals surface area contributed by atoms with Crippen LogP contribution in [0.4, 0.5) is 0 Å². The molecule has 0 amide bonds. The van der Waals surface area contributed by atoms with E-state index in [1.807, 2.05) is 0 Å². The van der Waals surface area contributed by atoms with Crippen LogP contribution in [0.5, 0.6) is 0 Å². The zero-order chi connectivity index (χ0) is 14.1. The SMILES string of the molecule is CCCCc1cccc([SiH2]OB(O)O)c1CCCC. The van der Waals surface area contributed by atoms with Crippen molar-refractivity contribution in [2.75, 3.05) is 0 Å². The minimum Gasteiger partial charge on any atom is -0.429 e. The highest BCUT2D eigenvalue weighted by atomic mass is 28.2. The first-order valence-corrected chi connectivity index (χ1v) is 8.54. The number of aryl methyl sites for hydroxylation is 1. The summed E-state index contributed by atoms with van der Waals surface area (Å²) in [5.74, 6) is 0. The second kappa shape index (κ2) is 9.31. The van der Waals surface area contributed by atoms with Crippen molar-refractivity contribution in [3.05, 3.63) is 29.3 Å². The molecule has 0 aliphatic carbocycles. The molecule has 0 heterocycles. The van der Waals surface area contributed by atoms with Gasteiger partial charge in [-0.1, -0.05) is 44.9 Å². The molecule has 2 N–H and O–H groups in total. The van der Waals surface area contributed by atoms with Gasteiger partial charge in [-0.05, 0) is 42.0 Å². The molecule has 0 radical (unpaired) electrons. The zero-order valence-electron chi connectivity index (χ0n) is 12.1. The highest BCUT2D eigenvalue weighted by Crippen LogP contribution is 2.13. The van der Waals surface area contributed by atoms with Crippen LogP contribution in [0.3, 0.4) is 0 Å². The number of rotatable bonds is 9. The van der Waals surface area contributed by atoms with Crippen molar-refractivity contribution >= 4 is 22.3 Å². The summed E-state index contributed by atoms with van der Waals surface area (Å²) >= 11 is 0. The van der Waals surface area contributed by atoms with Gasteiger partial charge in [0.1, 0.15) is 0 Å². The van der Waals surface area contributed by atoms with E-state index in [0.29, 0.717) is 0 Å². The maximum atomic E-state index is 8.86. The van der Waals surface area contributed by atoms with Gasteiger partial charge in [0.05, 0.1) is 0 Å². The Morgan fingerprint density at radius 1 is 1.11 bits per heavy atom. The van der Waals surface area contributed by atoms with Crippen LogP contribution >= 0.6 is 0 Å². The van der Waals surface area contributed by atoms with Crippen LogP contribution in [0.15, 0.2) is 18.2 Å². The Balaban J connectivity index is 2.86. The maximum Gasteiger partial charge on any atom is 0.622 e. The lowest BCUT2D eigenvalue weighted by Gasteiger charge is -2.15. The Labute approximate surface area is 119 Å². The van der Waals surface area contributed by atoms with Gasteiger partial charge in [-0.3, -0.25) is 0 Å². The van der Waals surface area contributed by atoms with Gasteiger partial charge >= 0.3 is 7.32 Å². The first-order valence-electron chi connectivity index (χ1n) is 7.26. The van der Waals surface area contributed by atoms with Crippen molar-refractivity contribution in [3.63, 3.8) is 0 Å². The molecule has 5 heteroatoms. The molecule has 0 bridgehead atoms. The van der Waals surface area contributed by atoms with Crippen LogP contribution in [0, 0.1) is 0 Å². The van der Waals surface area contributed by atoms with Crippen molar-refractivity contribution in [3.8, 4) is 0 Å². The predicted molar refractivity (Wildman–Crippen MR) is 83.1 cm³/mol. The second-order valence-electron chi connectivity index (χ2n) is 4.90. The fraction of sp³-hybridized carbons (Fsp3) is 0.571. The molecule has 0 spiro atoms. The molecule has 0 unspecified atom stereocenters. The lowest BCUT2D eigenvalue weighted by Crippen LogP contribution is -2.30. The monoisotopic (exact) mass is 280 g/mol. The van der Waals surface area contributed by atoms with Gasteiger partial charge in [-0.25, -0.2) is 0 Å². The molecule has 0 saturated carbocycles. The predicted octanol–water partition coefficient (Wildman–Crippen LogP) is 1.07. The summed E-state index contributed by atoms with van der Waals surface area (Å²) in [4.78, 5) is 0. The lowest BCUT2D eigenvalue weighted by molar-refractivity contribution is 0.297. The summed E-state index contributed by atoms with van der Waals surface area (Å²) in [6, 6.07) is 6.35. The first-order chi connectivity index (χ1) is 9.19. The molecule has 0 aliphatic heterocycles. The smallest absolute Gasteiger partial charge is 0.429 e. The highest BCUT2D eigenvalue weighted by molar-refractivity contribution is 6.56. The Morgan fingerprint density at radius 3 is 2.42 bits per heavy atom. The van der Waals surface area contributed by atoms with Crippen LogP contribution in [0.25, 0.3) is 0 Å². The molecule has 1 rings (SSSR count). The summed E-state index contributed by atoms with van der Waals surface area (Å²) in [5.41, 5.74) is 2.81. The summed E-state index contributed by atoms with van der Waals surface area (Å²) in [6.45, 7) is 4.40. The van der Waals surface area contributed by atoms with Crippen molar-refractivity contribution in [2.45, 2.75) is 52.4 Å². The number of hydrogen-bond donors (Lipinski definition) is 2. The van der Waals surface area contributed by atoms with Gasteiger partial charge in [0, 0.05) is 0 Å². The molecular formula is C14H25BO3Si. The number of benzene rings is 1. The minimum absolute atomic E-state index is 1.06. The molecule has 0 aliphatic rings. The van der Waals surface area contributed by atoms with E-state index in [-0.39, 0.29) is 0 Å². The fourth-order valence-corrected chi connectivity index (χ4v) is 3.40. The van der Waals surface area contributed by atoms with Crippen LogP contribution in [-0.2, 0) is 17.2 Å². The molecule has 19 heavy (non-hydrogen) atoms. The average molecular weight is 280 g/mol. The van der Waals surface area contributed by atoms with Crippen LogP contribution < -0.4 is 5.19 Å². The fourth-order valence-electron chi connectivity index (χ4n) is 2.26. The van der Waals surface area contributed by atoms with Gasteiger partial charge < -0.3 is 14.4 Å². The maximum absolute atomic E-state index is 8.86. The van der Waals surface area contributed by atoms with Crippen LogP contribution in [-0.4, -0.2) is 27.1 Å². The normalized spacial score (nSPS) is 11.4. The molecule has 106 valence electrons. The summed E-state index contributed by atoms with van der Waals surface area (Å²) in [5, 5.41) is 18.9. The summed E-state index contributed by atoms with van der Waals surface area (Å²) < 4.78 is 5.06. The van der Waals surface area contributed by atoms with E-state index in [1.165, 1.54) is 42.0 Å². The first kappa shape index (κ1) is 16.4. The van der Waals surface area contributed by atoms with E-state index < -0.39 is 17.1 Å². The highest BCUT2D eigenvalue weighted by Gasteiger charge is 2.13. The number of unbranched alkanes of at least 4 members (excludes halogenated alkanes) is 2. The van der Waals surface area contributed by atoms with E-state index in [9.17, 15) is 0 Å².